The van der Waals surface area contributed by atoms with E-state index >= 15 is 0 Å². The molecular formula is C18H25ClFN3O2. The van der Waals surface area contributed by atoms with Crippen molar-refractivity contribution in [2.75, 3.05) is 19.6 Å². The second-order valence-electron chi connectivity index (χ2n) is 6.55. The van der Waals surface area contributed by atoms with E-state index in [2.05, 4.69) is 15.5 Å². The van der Waals surface area contributed by atoms with Gasteiger partial charge in [-0.3, -0.25) is 9.59 Å². The molecule has 2 heterocycles. The van der Waals surface area contributed by atoms with Gasteiger partial charge in [-0.1, -0.05) is 0 Å². The van der Waals surface area contributed by atoms with Crippen LogP contribution in [0.25, 0.3) is 0 Å². The van der Waals surface area contributed by atoms with E-state index in [0.717, 1.165) is 32.4 Å². The first-order chi connectivity index (χ1) is 11.6. The van der Waals surface area contributed by atoms with E-state index in [4.69, 9.17) is 0 Å². The maximum Gasteiger partial charge on any atom is 0.251 e. The lowest BCUT2D eigenvalue weighted by molar-refractivity contribution is -0.133. The molecule has 2 aliphatic rings. The van der Waals surface area contributed by atoms with Crippen molar-refractivity contribution >= 4 is 24.2 Å². The third-order valence-electron chi connectivity index (χ3n) is 4.90. The minimum Gasteiger partial charge on any atom is -0.352 e. The van der Waals surface area contributed by atoms with Gasteiger partial charge in [0.05, 0.1) is 0 Å². The van der Waals surface area contributed by atoms with Gasteiger partial charge in [-0.15, -0.1) is 12.4 Å². The van der Waals surface area contributed by atoms with Crippen LogP contribution in [0.1, 0.15) is 42.5 Å². The Kier molecular flexibility index (Phi) is 7.20. The number of hydrogen-bond donors (Lipinski definition) is 2. The van der Waals surface area contributed by atoms with Gasteiger partial charge in [0.1, 0.15) is 5.82 Å². The van der Waals surface area contributed by atoms with Crippen molar-refractivity contribution in [1.29, 1.82) is 0 Å². The van der Waals surface area contributed by atoms with Gasteiger partial charge in [0.25, 0.3) is 5.91 Å². The minimum atomic E-state index is -0.362. The summed E-state index contributed by atoms with van der Waals surface area (Å²) in [6.45, 7) is 2.32. The van der Waals surface area contributed by atoms with Crippen LogP contribution in [0.3, 0.4) is 0 Å². The fourth-order valence-electron chi connectivity index (χ4n) is 3.66. The topological polar surface area (TPSA) is 61.4 Å². The highest BCUT2D eigenvalue weighted by atomic mass is 35.5. The highest BCUT2D eigenvalue weighted by Crippen LogP contribution is 2.28. The van der Waals surface area contributed by atoms with Gasteiger partial charge in [-0.05, 0) is 56.5 Å². The second-order valence-corrected chi connectivity index (χ2v) is 6.55. The lowest BCUT2D eigenvalue weighted by Gasteiger charge is -2.28. The Hall–Kier alpha value is -1.66. The first kappa shape index (κ1) is 19.7. The summed E-state index contributed by atoms with van der Waals surface area (Å²) in [4.78, 5) is 26.5. The van der Waals surface area contributed by atoms with Crippen LogP contribution in [0.15, 0.2) is 24.3 Å². The first-order valence-corrected chi connectivity index (χ1v) is 8.71. The van der Waals surface area contributed by atoms with E-state index in [1.165, 1.54) is 24.3 Å². The molecule has 2 aliphatic heterocycles. The first-order valence-electron chi connectivity index (χ1n) is 8.71. The summed E-state index contributed by atoms with van der Waals surface area (Å²) >= 11 is 0. The Morgan fingerprint density at radius 3 is 2.64 bits per heavy atom. The van der Waals surface area contributed by atoms with Gasteiger partial charge >= 0.3 is 0 Å². The van der Waals surface area contributed by atoms with Crippen molar-refractivity contribution in [3.05, 3.63) is 35.6 Å². The predicted octanol–water partition coefficient (Wildman–Crippen LogP) is 2.11. The second kappa shape index (κ2) is 9.15. The molecule has 2 N–H and O–H groups in total. The number of benzene rings is 1. The van der Waals surface area contributed by atoms with Crippen molar-refractivity contribution in [2.24, 2.45) is 0 Å². The molecule has 0 spiro atoms. The van der Waals surface area contributed by atoms with Gasteiger partial charge in [-0.25, -0.2) is 4.39 Å². The maximum atomic E-state index is 12.8. The highest BCUT2D eigenvalue weighted by Gasteiger charge is 2.37. The molecule has 0 aliphatic carbocycles. The normalized spacial score (nSPS) is 22.0. The Balaban J connectivity index is 0.00000225. The van der Waals surface area contributed by atoms with Crippen LogP contribution in [0.4, 0.5) is 4.39 Å². The van der Waals surface area contributed by atoms with Crippen molar-refractivity contribution in [1.82, 2.24) is 15.5 Å². The molecule has 2 unspecified atom stereocenters. The average molecular weight is 370 g/mol. The van der Waals surface area contributed by atoms with Gasteiger partial charge in [0.2, 0.25) is 5.91 Å². The van der Waals surface area contributed by atoms with Crippen LogP contribution in [0, 0.1) is 5.82 Å². The summed E-state index contributed by atoms with van der Waals surface area (Å²) in [6, 6.07) is 6.16. The average Bonchev–Trinajstić information content (AvgIpc) is 2.84. The number of carbonyl (C=O) groups is 2. The zero-order valence-corrected chi connectivity index (χ0v) is 15.0. The molecule has 3 rings (SSSR count). The molecule has 0 radical (unpaired) electrons. The summed E-state index contributed by atoms with van der Waals surface area (Å²) < 4.78 is 12.8. The van der Waals surface area contributed by atoms with Gasteiger partial charge < -0.3 is 15.5 Å². The van der Waals surface area contributed by atoms with Crippen LogP contribution in [-0.2, 0) is 4.79 Å². The third kappa shape index (κ3) is 4.92. The fourth-order valence-corrected chi connectivity index (χ4v) is 3.66. The lowest BCUT2D eigenvalue weighted by atomic mass is 10.1. The number of rotatable bonds is 5. The Bertz CT molecular complexity index is 582. The molecule has 5 nitrogen and oxygen atoms in total. The summed E-state index contributed by atoms with van der Waals surface area (Å²) in [5, 5.41) is 6.17. The van der Waals surface area contributed by atoms with Crippen LogP contribution in [0.5, 0.6) is 0 Å². The quantitative estimate of drug-likeness (QED) is 0.781. The predicted molar refractivity (Wildman–Crippen MR) is 96.4 cm³/mol. The van der Waals surface area contributed by atoms with Crippen LogP contribution < -0.4 is 10.6 Å². The van der Waals surface area contributed by atoms with E-state index in [-0.39, 0.29) is 30.0 Å². The Morgan fingerprint density at radius 2 is 1.88 bits per heavy atom. The van der Waals surface area contributed by atoms with E-state index in [0.29, 0.717) is 37.0 Å². The molecule has 2 bridgehead atoms. The Morgan fingerprint density at radius 1 is 1.16 bits per heavy atom. The zero-order chi connectivity index (χ0) is 16.9. The summed E-state index contributed by atoms with van der Waals surface area (Å²) in [6.07, 6.45) is 4.31. The maximum absolute atomic E-state index is 12.8. The lowest BCUT2D eigenvalue weighted by Crippen LogP contribution is -2.42. The van der Waals surface area contributed by atoms with E-state index in [9.17, 15) is 14.0 Å². The van der Waals surface area contributed by atoms with Crippen molar-refractivity contribution in [2.45, 2.75) is 44.2 Å². The van der Waals surface area contributed by atoms with Crippen LogP contribution in [-0.4, -0.2) is 48.4 Å². The van der Waals surface area contributed by atoms with Crippen molar-refractivity contribution in [3.63, 3.8) is 0 Å². The molecule has 138 valence electrons. The van der Waals surface area contributed by atoms with Crippen molar-refractivity contribution < 1.29 is 14.0 Å². The van der Waals surface area contributed by atoms with Crippen molar-refractivity contribution in [3.8, 4) is 0 Å². The molecule has 0 aromatic heterocycles. The third-order valence-corrected chi connectivity index (χ3v) is 4.90. The number of nitrogens with one attached hydrogen (secondary N) is 2. The molecule has 25 heavy (non-hydrogen) atoms. The molecule has 2 amide bonds. The molecule has 2 saturated heterocycles. The van der Waals surface area contributed by atoms with E-state index in [1.54, 1.807) is 0 Å². The summed E-state index contributed by atoms with van der Waals surface area (Å²) in [7, 11) is 0. The number of carbonyl (C=O) groups excluding carboxylic acids is 2. The molecule has 1 aromatic carbocycles. The fraction of sp³-hybridized carbons (Fsp3) is 0.556. The number of nitrogens with zero attached hydrogens (tertiary/aromatic N) is 1. The number of fused-ring (bicyclic) bond motifs is 2. The largest absolute Gasteiger partial charge is 0.352 e. The van der Waals surface area contributed by atoms with Gasteiger partial charge in [0, 0.05) is 37.2 Å². The Labute approximate surface area is 153 Å². The van der Waals surface area contributed by atoms with Gasteiger partial charge in [-0.2, -0.15) is 0 Å². The molecule has 2 fully saturated rings. The monoisotopic (exact) mass is 369 g/mol. The highest BCUT2D eigenvalue weighted by molar-refractivity contribution is 5.94. The smallest absolute Gasteiger partial charge is 0.251 e. The van der Waals surface area contributed by atoms with E-state index < -0.39 is 0 Å². The molecule has 7 heteroatoms. The van der Waals surface area contributed by atoms with E-state index in [1.807, 2.05) is 0 Å². The summed E-state index contributed by atoms with van der Waals surface area (Å²) in [5.74, 6) is -0.401. The molecular weight excluding hydrogens is 345 g/mol. The van der Waals surface area contributed by atoms with Gasteiger partial charge in [0.15, 0.2) is 0 Å². The number of hydrogen-bond acceptors (Lipinski definition) is 3. The molecule has 2 atom stereocenters. The number of amides is 2. The standard InChI is InChI=1S/C18H24FN3O2.ClH/c19-14-5-3-13(4-6-14)18(24)21-10-1-2-17(23)22-15-7-8-16(22)12-20-11-9-15;/h3-6,15-16,20H,1-2,7-12H2,(H,21,24);1H. The summed E-state index contributed by atoms with van der Waals surface area (Å²) in [5.41, 5.74) is 0.430. The van der Waals surface area contributed by atoms with Crippen LogP contribution >= 0.6 is 12.4 Å². The minimum absolute atomic E-state index is 0. The zero-order valence-electron chi connectivity index (χ0n) is 14.2. The number of halogens is 2. The molecule has 1 aromatic rings. The molecule has 0 saturated carbocycles. The SMILES string of the molecule is Cl.O=C(NCCCC(=O)N1C2CCNCC1CC2)c1ccc(F)cc1. The van der Waals surface area contributed by atoms with Crippen LogP contribution in [0.2, 0.25) is 0 Å².